The summed E-state index contributed by atoms with van der Waals surface area (Å²) in [5.41, 5.74) is 4.67. The van der Waals surface area contributed by atoms with Crippen molar-refractivity contribution in [3.8, 4) is 11.3 Å². The molecule has 3 N–H and O–H groups in total. The van der Waals surface area contributed by atoms with Crippen molar-refractivity contribution in [3.05, 3.63) is 53.0 Å². The van der Waals surface area contributed by atoms with Crippen molar-refractivity contribution >= 4 is 18.2 Å². The van der Waals surface area contributed by atoms with Gasteiger partial charge in [0, 0.05) is 31.3 Å². The van der Waals surface area contributed by atoms with Gasteiger partial charge in [0.2, 0.25) is 0 Å². The molecule has 0 fully saturated rings. The van der Waals surface area contributed by atoms with E-state index in [-0.39, 0.29) is 23.4 Å². The van der Waals surface area contributed by atoms with Gasteiger partial charge in [0.15, 0.2) is 6.29 Å². The van der Waals surface area contributed by atoms with E-state index in [0.717, 1.165) is 44.0 Å². The van der Waals surface area contributed by atoms with Crippen LogP contribution in [0.2, 0.25) is 0 Å². The Bertz CT molecular complexity index is 914. The predicted molar refractivity (Wildman–Crippen MR) is 107 cm³/mol. The summed E-state index contributed by atoms with van der Waals surface area (Å²) < 4.78 is 53.1. The number of carbonyl (C=O) groups is 1. The van der Waals surface area contributed by atoms with Crippen LogP contribution in [0.25, 0.3) is 17.3 Å². The first-order chi connectivity index (χ1) is 14.2. The van der Waals surface area contributed by atoms with Gasteiger partial charge in [-0.05, 0) is 61.4 Å². The predicted octanol–water partition coefficient (Wildman–Crippen LogP) is 4.37. The minimum Gasteiger partial charge on any atom is -0.396 e. The van der Waals surface area contributed by atoms with E-state index in [4.69, 9.17) is 10.8 Å². The molecular weight excluding hydrogens is 402 g/mol. The van der Waals surface area contributed by atoms with Gasteiger partial charge in [0.25, 0.3) is 0 Å². The van der Waals surface area contributed by atoms with E-state index >= 15 is 0 Å². The highest BCUT2D eigenvalue weighted by Gasteiger charge is 2.33. The number of unbranched alkanes of at least 4 members (excludes halogenated alkanes) is 2. The topological polar surface area (TPSA) is 79.5 Å². The molecule has 0 aliphatic carbocycles. The maximum Gasteiger partial charge on any atom is 0.419 e. The molecule has 30 heavy (non-hydrogen) atoms. The van der Waals surface area contributed by atoms with E-state index in [1.165, 1.54) is 6.07 Å². The molecule has 0 saturated heterocycles. The average molecular weight is 425 g/mol. The van der Waals surface area contributed by atoms with E-state index in [2.05, 4.69) is 4.98 Å². The molecule has 1 heterocycles. The molecule has 9 heteroatoms. The monoisotopic (exact) mass is 425 g/mol. The minimum atomic E-state index is -4.66. The van der Waals surface area contributed by atoms with E-state index in [9.17, 15) is 22.4 Å². The van der Waals surface area contributed by atoms with Gasteiger partial charge in [0.05, 0.1) is 11.3 Å². The van der Waals surface area contributed by atoms with Crippen molar-refractivity contribution in [2.75, 3.05) is 25.9 Å². The fourth-order valence-corrected chi connectivity index (χ4v) is 2.84. The lowest BCUT2D eigenvalue weighted by Gasteiger charge is -2.14. The van der Waals surface area contributed by atoms with Crippen molar-refractivity contribution in [1.82, 2.24) is 9.88 Å². The van der Waals surface area contributed by atoms with E-state index in [1.807, 2.05) is 11.9 Å². The number of alkyl halides is 3. The van der Waals surface area contributed by atoms with Gasteiger partial charge in [-0.3, -0.25) is 4.79 Å². The van der Waals surface area contributed by atoms with Crippen LogP contribution in [-0.2, 0) is 6.18 Å². The van der Waals surface area contributed by atoms with Gasteiger partial charge in [-0.2, -0.15) is 13.2 Å². The van der Waals surface area contributed by atoms with Gasteiger partial charge in [-0.1, -0.05) is 0 Å². The number of hydrogen-bond donors (Lipinski definition) is 2. The average Bonchev–Trinajstić information content (AvgIpc) is 2.68. The summed E-state index contributed by atoms with van der Waals surface area (Å²) in [5, 5.41) is 8.80. The Balaban J connectivity index is 2.32. The van der Waals surface area contributed by atoms with Crippen LogP contribution >= 0.6 is 0 Å². The molecule has 0 saturated carbocycles. The second kappa shape index (κ2) is 10.2. The Morgan fingerprint density at radius 1 is 1.17 bits per heavy atom. The molecule has 2 aromatic rings. The lowest BCUT2D eigenvalue weighted by molar-refractivity contribution is -0.137. The molecule has 1 aromatic carbocycles. The quantitative estimate of drug-likeness (QED) is 0.354. The Hall–Kier alpha value is -2.94. The number of nitrogens with zero attached hydrogens (tertiary/aromatic N) is 2. The molecule has 0 bridgehead atoms. The first-order valence-corrected chi connectivity index (χ1v) is 9.29. The molecule has 0 amide bonds. The largest absolute Gasteiger partial charge is 0.419 e. The van der Waals surface area contributed by atoms with Gasteiger partial charge in [0.1, 0.15) is 11.6 Å². The number of aliphatic hydroxyl groups excluding tert-OH is 1. The number of nitrogen functional groups attached to an aromatic ring is 1. The van der Waals surface area contributed by atoms with Gasteiger partial charge >= 0.3 is 6.18 Å². The fraction of sp³-hybridized carbons (Fsp3) is 0.333. The molecule has 162 valence electrons. The molecule has 0 aliphatic heterocycles. The Labute approximate surface area is 171 Å². The molecule has 0 spiro atoms. The van der Waals surface area contributed by atoms with E-state index in [0.29, 0.717) is 11.8 Å². The lowest BCUT2D eigenvalue weighted by Crippen LogP contribution is -2.12. The molecule has 2 rings (SSSR count). The third-order valence-corrected chi connectivity index (χ3v) is 4.48. The van der Waals surface area contributed by atoms with Crippen LogP contribution in [-0.4, -0.2) is 41.5 Å². The Morgan fingerprint density at radius 3 is 2.50 bits per heavy atom. The number of halogens is 4. The zero-order valence-electron chi connectivity index (χ0n) is 16.4. The van der Waals surface area contributed by atoms with Crippen LogP contribution in [0.5, 0.6) is 0 Å². The first kappa shape index (κ1) is 23.3. The van der Waals surface area contributed by atoms with E-state index < -0.39 is 23.4 Å². The molecule has 1 aromatic heterocycles. The molecular formula is C21H23F4N3O2. The number of pyridine rings is 1. The maximum absolute atomic E-state index is 14.5. The smallest absolute Gasteiger partial charge is 0.396 e. The fourth-order valence-electron chi connectivity index (χ4n) is 2.84. The number of anilines is 1. The van der Waals surface area contributed by atoms with Crippen molar-refractivity contribution in [2.24, 2.45) is 0 Å². The summed E-state index contributed by atoms with van der Waals surface area (Å²) in [4.78, 5) is 16.9. The molecule has 0 atom stereocenters. The van der Waals surface area contributed by atoms with Gasteiger partial charge in [-0.15, -0.1) is 0 Å². The normalized spacial score (nSPS) is 11.8. The standard InChI is InChI=1S/C21H23F4N3O2/c1-28(8-3-2-4-10-29)9-7-14-11-16(18(22)12-15(14)13-30)19-6-5-17(20(26)27-19)21(23,24)25/h5-7,9,11-13,29H,2-4,8,10H2,1H3,(H2,26,27)/b9-7-. The zero-order chi connectivity index (χ0) is 22.3. The number of nitrogens with two attached hydrogens (primary N) is 1. The SMILES string of the molecule is CN(/C=C\c1cc(-c2ccc(C(F)(F)F)c(N)n2)c(F)cc1C=O)CCCCCO. The third kappa shape index (κ3) is 6.03. The van der Waals surface area contributed by atoms with Crippen LogP contribution in [0.3, 0.4) is 0 Å². The number of hydrogen-bond acceptors (Lipinski definition) is 5. The number of aromatic nitrogens is 1. The highest BCUT2D eigenvalue weighted by atomic mass is 19.4. The molecule has 5 nitrogen and oxygen atoms in total. The number of carbonyl (C=O) groups excluding carboxylic acids is 1. The van der Waals surface area contributed by atoms with Crippen molar-refractivity contribution in [1.29, 1.82) is 0 Å². The summed E-state index contributed by atoms with van der Waals surface area (Å²) in [6.07, 6.45) is 1.63. The highest BCUT2D eigenvalue weighted by molar-refractivity contribution is 5.84. The molecule has 0 radical (unpaired) electrons. The van der Waals surface area contributed by atoms with Crippen LogP contribution in [0, 0.1) is 5.82 Å². The number of aliphatic hydroxyl groups is 1. The third-order valence-electron chi connectivity index (χ3n) is 4.48. The Morgan fingerprint density at radius 2 is 1.90 bits per heavy atom. The first-order valence-electron chi connectivity index (χ1n) is 9.29. The van der Waals surface area contributed by atoms with Crippen molar-refractivity contribution in [2.45, 2.75) is 25.4 Å². The van der Waals surface area contributed by atoms with Crippen LogP contribution < -0.4 is 5.73 Å². The minimum absolute atomic E-state index is 0.0636. The zero-order valence-corrected chi connectivity index (χ0v) is 16.4. The summed E-state index contributed by atoms with van der Waals surface area (Å²) in [5.74, 6) is -1.54. The Kier molecular flexibility index (Phi) is 7.93. The molecule has 0 unspecified atom stereocenters. The summed E-state index contributed by atoms with van der Waals surface area (Å²) >= 11 is 0. The van der Waals surface area contributed by atoms with Crippen LogP contribution in [0.1, 0.15) is 40.7 Å². The summed E-state index contributed by atoms with van der Waals surface area (Å²) in [7, 11) is 1.83. The van der Waals surface area contributed by atoms with Gasteiger partial charge < -0.3 is 15.7 Å². The van der Waals surface area contributed by atoms with Crippen LogP contribution in [0.15, 0.2) is 30.5 Å². The molecule has 0 aliphatic rings. The maximum atomic E-state index is 14.5. The number of benzene rings is 1. The van der Waals surface area contributed by atoms with E-state index in [1.54, 1.807) is 12.3 Å². The van der Waals surface area contributed by atoms with Gasteiger partial charge in [-0.25, -0.2) is 9.37 Å². The summed E-state index contributed by atoms with van der Waals surface area (Å²) in [6.45, 7) is 0.862. The van der Waals surface area contributed by atoms with Crippen molar-refractivity contribution < 1.29 is 27.5 Å². The van der Waals surface area contributed by atoms with Crippen molar-refractivity contribution in [3.63, 3.8) is 0 Å². The number of rotatable bonds is 9. The number of aldehydes is 1. The summed E-state index contributed by atoms with van der Waals surface area (Å²) in [6, 6.07) is 4.16. The lowest BCUT2D eigenvalue weighted by atomic mass is 10.0. The highest BCUT2D eigenvalue weighted by Crippen LogP contribution is 2.34. The second-order valence-corrected chi connectivity index (χ2v) is 6.79. The second-order valence-electron chi connectivity index (χ2n) is 6.79. The van der Waals surface area contributed by atoms with Crippen LogP contribution in [0.4, 0.5) is 23.4 Å².